The fourth-order valence-electron chi connectivity index (χ4n) is 4.97. The number of benzene rings is 2. The highest BCUT2D eigenvalue weighted by Crippen LogP contribution is 2.32. The summed E-state index contributed by atoms with van der Waals surface area (Å²) in [7, 11) is 1.55. The maximum atomic E-state index is 13.5. The maximum absolute atomic E-state index is 13.5. The number of rotatable bonds is 13. The Morgan fingerprint density at radius 1 is 1.05 bits per heavy atom. The van der Waals surface area contributed by atoms with Gasteiger partial charge in [0.15, 0.2) is 5.78 Å². The smallest absolute Gasteiger partial charge is 0.303 e. The Kier molecular flexibility index (Phi) is 10.9. The molecule has 40 heavy (non-hydrogen) atoms. The number of ketones is 1. The van der Waals surface area contributed by atoms with Crippen LogP contribution in [0.1, 0.15) is 70.9 Å². The molecular weight excluding hydrogens is 580 g/mol. The summed E-state index contributed by atoms with van der Waals surface area (Å²) in [5, 5.41) is 20.2. The highest BCUT2D eigenvalue weighted by atomic mass is 79.9. The number of hydrogen-bond donors (Lipinski definition) is 3. The third-order valence-corrected chi connectivity index (χ3v) is 6.98. The highest BCUT2D eigenvalue weighted by Gasteiger charge is 2.29. The number of carboxylic acid groups (broad SMARTS) is 1. The summed E-state index contributed by atoms with van der Waals surface area (Å²) in [6.45, 7) is 4.82. The van der Waals surface area contributed by atoms with Crippen molar-refractivity contribution < 1.29 is 29.0 Å². The molecule has 2 aromatic rings. The SMILES string of the molecule is Br.CCOc1cc2c(cc1C(=O)NC)C(=N)N(CC(=O)c1cc(OCCCCC(=O)O)cc(N3CCCC3)c1)C2. The van der Waals surface area contributed by atoms with Gasteiger partial charge in [-0.3, -0.25) is 19.8 Å². The lowest BCUT2D eigenvalue weighted by Crippen LogP contribution is -2.30. The van der Waals surface area contributed by atoms with Crippen LogP contribution in [-0.2, 0) is 11.3 Å². The van der Waals surface area contributed by atoms with E-state index in [2.05, 4.69) is 10.2 Å². The Morgan fingerprint density at radius 2 is 1.80 bits per heavy atom. The molecule has 3 N–H and O–H groups in total. The van der Waals surface area contributed by atoms with Crippen LogP contribution in [0, 0.1) is 5.41 Å². The summed E-state index contributed by atoms with van der Waals surface area (Å²) >= 11 is 0. The van der Waals surface area contributed by atoms with Gasteiger partial charge in [-0.25, -0.2) is 0 Å². The Bertz CT molecular complexity index is 1260. The number of carboxylic acids is 1. The number of anilines is 1. The van der Waals surface area contributed by atoms with Crippen molar-refractivity contribution in [2.24, 2.45) is 0 Å². The van der Waals surface area contributed by atoms with Crippen LogP contribution >= 0.6 is 17.0 Å². The topological polar surface area (TPSA) is 132 Å². The van der Waals surface area contributed by atoms with Gasteiger partial charge in [-0.1, -0.05) is 0 Å². The fourth-order valence-corrected chi connectivity index (χ4v) is 4.97. The van der Waals surface area contributed by atoms with Gasteiger partial charge in [0.1, 0.15) is 17.3 Å². The van der Waals surface area contributed by atoms with E-state index in [4.69, 9.17) is 20.0 Å². The minimum absolute atomic E-state index is 0. The van der Waals surface area contributed by atoms with Crippen LogP contribution in [0.15, 0.2) is 30.3 Å². The number of amidine groups is 1. The lowest BCUT2D eigenvalue weighted by molar-refractivity contribution is -0.137. The molecule has 10 nitrogen and oxygen atoms in total. The molecule has 2 heterocycles. The minimum atomic E-state index is -0.826. The number of aliphatic carboxylic acids is 1. The van der Waals surface area contributed by atoms with Gasteiger partial charge >= 0.3 is 5.97 Å². The van der Waals surface area contributed by atoms with E-state index in [9.17, 15) is 14.4 Å². The lowest BCUT2D eigenvalue weighted by Gasteiger charge is -2.21. The van der Waals surface area contributed by atoms with Gasteiger partial charge in [0, 0.05) is 56.0 Å². The van der Waals surface area contributed by atoms with Crippen LogP contribution in [0.3, 0.4) is 0 Å². The van der Waals surface area contributed by atoms with Gasteiger partial charge in [-0.15, -0.1) is 17.0 Å². The highest BCUT2D eigenvalue weighted by molar-refractivity contribution is 8.93. The van der Waals surface area contributed by atoms with Crippen molar-refractivity contribution >= 4 is 46.2 Å². The molecule has 2 aliphatic heterocycles. The number of carbonyl (C=O) groups excluding carboxylic acids is 2. The molecule has 0 spiro atoms. The summed E-state index contributed by atoms with van der Waals surface area (Å²) < 4.78 is 11.6. The van der Waals surface area contributed by atoms with E-state index in [-0.39, 0.29) is 47.5 Å². The van der Waals surface area contributed by atoms with Gasteiger partial charge < -0.3 is 29.7 Å². The number of nitrogens with zero attached hydrogens (tertiary/aromatic N) is 2. The number of carbonyl (C=O) groups is 3. The molecule has 216 valence electrons. The largest absolute Gasteiger partial charge is 0.493 e. The van der Waals surface area contributed by atoms with E-state index in [1.54, 1.807) is 30.1 Å². The van der Waals surface area contributed by atoms with Crippen molar-refractivity contribution in [3.05, 3.63) is 52.6 Å². The molecule has 0 aromatic heterocycles. The van der Waals surface area contributed by atoms with Crippen molar-refractivity contribution in [3.63, 3.8) is 0 Å². The number of ether oxygens (including phenoxy) is 2. The van der Waals surface area contributed by atoms with E-state index in [1.165, 1.54) is 0 Å². The zero-order valence-electron chi connectivity index (χ0n) is 23.0. The second kappa shape index (κ2) is 14.2. The second-order valence-corrected chi connectivity index (χ2v) is 9.75. The van der Waals surface area contributed by atoms with Gasteiger partial charge in [-0.05, 0) is 62.4 Å². The second-order valence-electron chi connectivity index (χ2n) is 9.75. The first kappa shape index (κ1) is 30.9. The number of hydrogen-bond acceptors (Lipinski definition) is 7. The quantitative estimate of drug-likeness (QED) is 0.224. The minimum Gasteiger partial charge on any atom is -0.493 e. The number of unbranched alkanes of at least 4 members (excludes halogenated alkanes) is 1. The molecule has 2 aliphatic rings. The van der Waals surface area contributed by atoms with Crippen molar-refractivity contribution in [1.82, 2.24) is 10.2 Å². The van der Waals surface area contributed by atoms with Crippen molar-refractivity contribution in [2.75, 3.05) is 44.8 Å². The normalized spacial score (nSPS) is 14.0. The number of Topliss-reactive ketones (excluding diaryl/α,β-unsaturated/α-hetero) is 1. The Hall–Kier alpha value is -3.60. The Morgan fingerprint density at radius 3 is 2.48 bits per heavy atom. The van der Waals surface area contributed by atoms with E-state index < -0.39 is 5.97 Å². The molecule has 11 heteroatoms. The maximum Gasteiger partial charge on any atom is 0.303 e. The molecule has 1 saturated heterocycles. The third-order valence-electron chi connectivity index (χ3n) is 6.98. The van der Waals surface area contributed by atoms with E-state index >= 15 is 0 Å². The van der Waals surface area contributed by atoms with Gasteiger partial charge in [0.2, 0.25) is 0 Å². The van der Waals surface area contributed by atoms with Crippen LogP contribution in [0.5, 0.6) is 11.5 Å². The summed E-state index contributed by atoms with van der Waals surface area (Å²) in [5.41, 5.74) is 3.24. The molecule has 1 fully saturated rings. The molecule has 0 saturated carbocycles. The zero-order valence-corrected chi connectivity index (χ0v) is 24.7. The van der Waals surface area contributed by atoms with Crippen molar-refractivity contribution in [1.29, 1.82) is 5.41 Å². The molecule has 1 amide bonds. The molecule has 0 atom stereocenters. The fraction of sp³-hybridized carbons (Fsp3) is 0.448. The average molecular weight is 618 g/mol. The van der Waals surface area contributed by atoms with Gasteiger partial charge in [-0.2, -0.15) is 0 Å². The first-order chi connectivity index (χ1) is 18.8. The van der Waals surface area contributed by atoms with Crippen LogP contribution in [0.4, 0.5) is 5.69 Å². The van der Waals surface area contributed by atoms with Crippen LogP contribution in [0.25, 0.3) is 0 Å². The van der Waals surface area contributed by atoms with Crippen LogP contribution in [0.2, 0.25) is 0 Å². The first-order valence-corrected chi connectivity index (χ1v) is 13.4. The van der Waals surface area contributed by atoms with Crippen LogP contribution in [-0.4, -0.2) is 73.4 Å². The van der Waals surface area contributed by atoms with Gasteiger partial charge in [0.05, 0.1) is 25.3 Å². The first-order valence-electron chi connectivity index (χ1n) is 13.4. The summed E-state index contributed by atoms with van der Waals surface area (Å²) in [4.78, 5) is 40.6. The summed E-state index contributed by atoms with van der Waals surface area (Å²) in [5.74, 6) is -0.0298. The predicted octanol–water partition coefficient (Wildman–Crippen LogP) is 4.28. The van der Waals surface area contributed by atoms with Gasteiger partial charge in [0.25, 0.3) is 5.91 Å². The van der Waals surface area contributed by atoms with Crippen LogP contribution < -0.4 is 19.7 Å². The molecule has 0 aliphatic carbocycles. The number of fused-ring (bicyclic) bond motifs is 1. The molecule has 4 rings (SSSR count). The number of halogens is 1. The van der Waals surface area contributed by atoms with Crippen molar-refractivity contribution in [2.45, 2.75) is 45.6 Å². The summed E-state index contributed by atoms with van der Waals surface area (Å²) in [6, 6.07) is 8.99. The van der Waals surface area contributed by atoms with E-state index in [1.807, 2.05) is 19.1 Å². The van der Waals surface area contributed by atoms with Crippen molar-refractivity contribution in [3.8, 4) is 11.5 Å². The molecular formula is C29H37BrN4O6. The molecule has 0 radical (unpaired) electrons. The monoisotopic (exact) mass is 616 g/mol. The Balaban J connectivity index is 0.00000441. The third kappa shape index (κ3) is 7.32. The zero-order chi connectivity index (χ0) is 27.9. The number of amides is 1. The molecule has 2 aromatic carbocycles. The Labute approximate surface area is 244 Å². The van der Waals surface area contributed by atoms with E-state index in [0.717, 1.165) is 37.2 Å². The predicted molar refractivity (Wildman–Crippen MR) is 158 cm³/mol. The lowest BCUT2D eigenvalue weighted by atomic mass is 10.0. The number of nitrogens with one attached hydrogen (secondary N) is 2. The average Bonchev–Trinajstić information content (AvgIpc) is 3.56. The molecule has 0 unspecified atom stereocenters. The summed E-state index contributed by atoms with van der Waals surface area (Å²) in [6.07, 6.45) is 3.41. The standard InChI is InChI=1S/C29H36N4O6.BrH/c1-3-38-26-14-20-17-33(28(30)23(20)16-24(26)29(37)31-2)18-25(34)19-12-21(32-9-5-6-10-32)15-22(13-19)39-11-7-4-8-27(35)36;/h12-16,30H,3-11,17-18H2,1-2H3,(H,31,37)(H,35,36);1H. The van der Waals surface area contributed by atoms with E-state index in [0.29, 0.717) is 60.8 Å². The molecule has 0 bridgehead atoms.